The van der Waals surface area contributed by atoms with Crippen molar-refractivity contribution in [3.05, 3.63) is 46.8 Å². The van der Waals surface area contributed by atoms with Gasteiger partial charge in [-0.25, -0.2) is 9.97 Å². The molecule has 1 saturated heterocycles. The third-order valence-corrected chi connectivity index (χ3v) is 6.63. The lowest BCUT2D eigenvalue weighted by molar-refractivity contribution is 0.202. The van der Waals surface area contributed by atoms with Crippen LogP contribution in [0.15, 0.2) is 24.4 Å². The number of ether oxygens (including phenoxy) is 1. The molecule has 2 N–H and O–H groups in total. The van der Waals surface area contributed by atoms with Crippen molar-refractivity contribution < 1.29 is 9.84 Å². The van der Waals surface area contributed by atoms with E-state index in [9.17, 15) is 5.11 Å². The van der Waals surface area contributed by atoms with Gasteiger partial charge in [0, 0.05) is 50.5 Å². The Hall–Kier alpha value is -2.18. The number of piperidine rings is 1. The molecule has 29 heavy (non-hydrogen) atoms. The summed E-state index contributed by atoms with van der Waals surface area (Å²) < 4.78 is 5.61. The topological polar surface area (TPSA) is 70.5 Å². The zero-order chi connectivity index (χ0) is 19.6. The van der Waals surface area contributed by atoms with E-state index in [1.54, 1.807) is 0 Å². The van der Waals surface area contributed by atoms with Gasteiger partial charge in [0.15, 0.2) is 0 Å². The van der Waals surface area contributed by atoms with Gasteiger partial charge in [0.05, 0.1) is 12.3 Å². The molecule has 1 aliphatic carbocycles. The molecule has 0 saturated carbocycles. The molecule has 1 unspecified atom stereocenters. The van der Waals surface area contributed by atoms with Crippen LogP contribution in [0.5, 0.6) is 5.75 Å². The van der Waals surface area contributed by atoms with Crippen molar-refractivity contribution in [1.29, 1.82) is 0 Å². The van der Waals surface area contributed by atoms with Crippen LogP contribution in [-0.4, -0.2) is 41.4 Å². The number of aliphatic hydroxyl groups excluding tert-OH is 1. The lowest BCUT2D eigenvalue weighted by atomic mass is 9.92. The fraction of sp³-hybridized carbons (Fsp3) is 0.565. The van der Waals surface area contributed by atoms with Gasteiger partial charge < -0.3 is 20.1 Å². The van der Waals surface area contributed by atoms with Crippen molar-refractivity contribution in [3.8, 4) is 5.75 Å². The molecule has 0 bridgehead atoms. The third kappa shape index (κ3) is 3.96. The predicted octanol–water partition coefficient (Wildman–Crippen LogP) is 2.79. The van der Waals surface area contributed by atoms with Crippen molar-refractivity contribution in [2.45, 2.75) is 51.1 Å². The highest BCUT2D eigenvalue weighted by atomic mass is 16.5. The van der Waals surface area contributed by atoms with Crippen LogP contribution in [0.4, 0.5) is 5.95 Å². The number of nitrogens with one attached hydrogen (secondary N) is 1. The number of fused-ring (bicyclic) bond motifs is 2. The highest BCUT2D eigenvalue weighted by Crippen LogP contribution is 2.31. The molecule has 6 heteroatoms. The van der Waals surface area contributed by atoms with E-state index in [0.717, 1.165) is 76.5 Å². The normalized spacial score (nSPS) is 21.6. The van der Waals surface area contributed by atoms with Gasteiger partial charge >= 0.3 is 0 Å². The summed E-state index contributed by atoms with van der Waals surface area (Å²) in [7, 11) is 0. The van der Waals surface area contributed by atoms with Crippen molar-refractivity contribution in [1.82, 2.24) is 15.3 Å². The van der Waals surface area contributed by atoms with E-state index in [1.165, 1.54) is 22.4 Å². The van der Waals surface area contributed by atoms with Crippen molar-refractivity contribution in [2.75, 3.05) is 31.2 Å². The average molecular weight is 395 g/mol. The molecular weight excluding hydrogens is 364 g/mol. The molecular formula is C23H30N4O2. The summed E-state index contributed by atoms with van der Waals surface area (Å²) in [6, 6.07) is 6.85. The largest absolute Gasteiger partial charge is 0.493 e. The second-order valence-corrected chi connectivity index (χ2v) is 8.55. The van der Waals surface area contributed by atoms with E-state index >= 15 is 0 Å². The molecule has 1 aromatic heterocycles. The summed E-state index contributed by atoms with van der Waals surface area (Å²) >= 11 is 0. The van der Waals surface area contributed by atoms with Crippen LogP contribution >= 0.6 is 0 Å². The number of benzene rings is 1. The maximum atomic E-state index is 9.35. The minimum atomic E-state index is 0.295. The number of aliphatic hydroxyl groups is 1. The van der Waals surface area contributed by atoms with Crippen molar-refractivity contribution in [2.24, 2.45) is 5.92 Å². The molecule has 3 heterocycles. The molecule has 1 fully saturated rings. The summed E-state index contributed by atoms with van der Waals surface area (Å²) in [6.07, 6.45) is 8.42. The first-order chi connectivity index (χ1) is 14.3. The Morgan fingerprint density at radius 1 is 1.17 bits per heavy atom. The van der Waals surface area contributed by atoms with Gasteiger partial charge in [-0.3, -0.25) is 0 Å². The maximum Gasteiger partial charge on any atom is 0.225 e. The second kappa shape index (κ2) is 8.28. The Morgan fingerprint density at radius 2 is 2.07 bits per heavy atom. The Morgan fingerprint density at radius 3 is 2.93 bits per heavy atom. The third-order valence-electron chi connectivity index (χ3n) is 6.63. The van der Waals surface area contributed by atoms with Crippen molar-refractivity contribution >= 4 is 5.95 Å². The predicted molar refractivity (Wildman–Crippen MR) is 112 cm³/mol. The zero-order valence-corrected chi connectivity index (χ0v) is 16.9. The van der Waals surface area contributed by atoms with Crippen LogP contribution in [-0.2, 0) is 19.4 Å². The van der Waals surface area contributed by atoms with E-state index in [2.05, 4.69) is 28.4 Å². The van der Waals surface area contributed by atoms with E-state index in [1.807, 2.05) is 6.20 Å². The van der Waals surface area contributed by atoms with Gasteiger partial charge in [0.1, 0.15) is 5.75 Å². The SMILES string of the molecule is OCC1CCN(c2ncc3c(n2)CCCC3NCc2ccc3c(c2)CCO3)CC1. The zero-order valence-electron chi connectivity index (χ0n) is 16.9. The minimum Gasteiger partial charge on any atom is -0.493 e. The Balaban J connectivity index is 1.26. The first kappa shape index (κ1) is 18.8. The summed E-state index contributed by atoms with van der Waals surface area (Å²) in [6.45, 7) is 3.83. The average Bonchev–Trinajstić information content (AvgIpc) is 3.25. The lowest BCUT2D eigenvalue weighted by Gasteiger charge is -2.32. The molecule has 0 radical (unpaired) electrons. The minimum absolute atomic E-state index is 0.295. The lowest BCUT2D eigenvalue weighted by Crippen LogP contribution is -2.36. The quantitative estimate of drug-likeness (QED) is 0.813. The van der Waals surface area contributed by atoms with Crippen LogP contribution in [0, 0.1) is 5.92 Å². The molecule has 1 atom stereocenters. The summed E-state index contributed by atoms with van der Waals surface area (Å²) in [5.74, 6) is 2.34. The molecule has 0 amide bonds. The molecule has 0 spiro atoms. The van der Waals surface area contributed by atoms with Gasteiger partial charge in [-0.15, -0.1) is 0 Å². The second-order valence-electron chi connectivity index (χ2n) is 8.55. The summed E-state index contributed by atoms with van der Waals surface area (Å²) in [4.78, 5) is 11.9. The number of rotatable bonds is 5. The van der Waals surface area contributed by atoms with Crippen molar-refractivity contribution in [3.63, 3.8) is 0 Å². The molecule has 1 aromatic carbocycles. The number of aromatic nitrogens is 2. The molecule has 2 aromatic rings. The van der Waals surface area contributed by atoms with Gasteiger partial charge in [-0.2, -0.15) is 0 Å². The number of nitrogens with zero attached hydrogens (tertiary/aromatic N) is 3. The fourth-order valence-electron chi connectivity index (χ4n) is 4.81. The van der Waals surface area contributed by atoms with Crippen LogP contribution in [0.2, 0.25) is 0 Å². The first-order valence-corrected chi connectivity index (χ1v) is 11.0. The maximum absolute atomic E-state index is 9.35. The van der Waals surface area contributed by atoms with Crippen LogP contribution in [0.1, 0.15) is 54.1 Å². The van der Waals surface area contributed by atoms with E-state index in [0.29, 0.717) is 18.6 Å². The molecule has 3 aliphatic rings. The highest BCUT2D eigenvalue weighted by Gasteiger charge is 2.25. The summed E-state index contributed by atoms with van der Waals surface area (Å²) in [5.41, 5.74) is 5.09. The van der Waals surface area contributed by atoms with Gasteiger partial charge in [-0.05, 0) is 55.2 Å². The molecule has 5 rings (SSSR count). The molecule has 154 valence electrons. The van der Waals surface area contributed by atoms with Gasteiger partial charge in [0.2, 0.25) is 5.95 Å². The number of anilines is 1. The van der Waals surface area contributed by atoms with E-state index in [-0.39, 0.29) is 0 Å². The number of hydrogen-bond donors (Lipinski definition) is 2. The van der Waals surface area contributed by atoms with Crippen LogP contribution < -0.4 is 15.0 Å². The fourth-order valence-corrected chi connectivity index (χ4v) is 4.81. The Labute approximate surface area is 172 Å². The number of aryl methyl sites for hydroxylation is 1. The van der Waals surface area contributed by atoms with Gasteiger partial charge in [-0.1, -0.05) is 12.1 Å². The number of hydrogen-bond acceptors (Lipinski definition) is 6. The molecule has 6 nitrogen and oxygen atoms in total. The standard InChI is InChI=1S/C23H30N4O2/c28-15-16-6-9-27(10-7-16)23-25-14-19-20(2-1-3-21(19)26-23)24-13-17-4-5-22-18(12-17)8-11-29-22/h4-5,12,14,16,20,24,28H,1-3,6-11,13,15H2. The first-order valence-electron chi connectivity index (χ1n) is 11.0. The highest BCUT2D eigenvalue weighted by molar-refractivity contribution is 5.40. The van der Waals surface area contributed by atoms with E-state index < -0.39 is 0 Å². The smallest absolute Gasteiger partial charge is 0.225 e. The van der Waals surface area contributed by atoms with Gasteiger partial charge in [0.25, 0.3) is 0 Å². The monoisotopic (exact) mass is 394 g/mol. The van der Waals surface area contributed by atoms with Crippen LogP contribution in [0.25, 0.3) is 0 Å². The Bertz CT molecular complexity index is 864. The Kier molecular flexibility index (Phi) is 5.38. The summed E-state index contributed by atoms with van der Waals surface area (Å²) in [5, 5.41) is 13.1. The van der Waals surface area contributed by atoms with E-state index in [4.69, 9.17) is 14.7 Å². The molecule has 2 aliphatic heterocycles. The van der Waals surface area contributed by atoms with Crippen LogP contribution in [0.3, 0.4) is 0 Å².